The van der Waals surface area contributed by atoms with Gasteiger partial charge in [0, 0.05) is 28.6 Å². The second-order valence-electron chi connectivity index (χ2n) is 11.9. The summed E-state index contributed by atoms with van der Waals surface area (Å²) in [7, 11) is 0. The topological polar surface area (TPSA) is 53.6 Å². The zero-order valence-electron chi connectivity index (χ0n) is 26.0. The van der Waals surface area contributed by atoms with E-state index < -0.39 is 0 Å². The summed E-state index contributed by atoms with van der Waals surface area (Å²) in [4.78, 5) is 14.2. The first-order valence-electron chi connectivity index (χ1n) is 16.1. The minimum absolute atomic E-state index is 0.744. The Bertz CT molecular complexity index is 2330. The number of allylic oxidation sites excluding steroid dienone is 4. The molecule has 0 unspecified atom stereocenters. The maximum absolute atomic E-state index is 6.83. The highest BCUT2D eigenvalue weighted by molar-refractivity contribution is 6.31. The van der Waals surface area contributed by atoms with E-state index in [0.29, 0.717) is 0 Å². The van der Waals surface area contributed by atoms with Gasteiger partial charge in [-0.1, -0.05) is 121 Å². The Kier molecular flexibility index (Phi) is 6.76. The standard InChI is InChI=1S/C44H29N3O/c1-5-13-29(14-6-1)41-33-27-38(45-28-33)42(30-15-7-2-8-16-30)35-22-24-37(47-35)44(32-19-11-4-12-20-32)40-26-25-39(48-40)43(31-17-9-3-10-18-31)36-23-21-34(41)46-36/h1-28,45H. The van der Waals surface area contributed by atoms with Gasteiger partial charge in [-0.3, -0.25) is 0 Å². The largest absolute Gasteiger partial charge is 0.456 e. The minimum atomic E-state index is 0.744. The highest BCUT2D eigenvalue weighted by Gasteiger charge is 2.23. The maximum atomic E-state index is 6.83. The van der Waals surface area contributed by atoms with Gasteiger partial charge in [-0.2, -0.15) is 0 Å². The first-order chi connectivity index (χ1) is 23.8. The first-order valence-corrected chi connectivity index (χ1v) is 16.1. The van der Waals surface area contributed by atoms with E-state index in [1.807, 2.05) is 24.3 Å². The molecule has 48 heavy (non-hydrogen) atoms. The summed E-state index contributed by atoms with van der Waals surface area (Å²) in [5.74, 6) is 0. The van der Waals surface area contributed by atoms with Crippen molar-refractivity contribution in [2.45, 2.75) is 0 Å². The molecular weight excluding hydrogens is 587 g/mol. The van der Waals surface area contributed by atoms with Crippen LogP contribution in [0.4, 0.5) is 0 Å². The summed E-state index contributed by atoms with van der Waals surface area (Å²) < 4.78 is 6.83. The third-order valence-corrected chi connectivity index (χ3v) is 8.89. The Labute approximate surface area is 278 Å². The van der Waals surface area contributed by atoms with Crippen LogP contribution in [0.3, 0.4) is 0 Å². The molecule has 4 nitrogen and oxygen atoms in total. The van der Waals surface area contributed by atoms with Crippen molar-refractivity contribution >= 4 is 33.7 Å². The van der Waals surface area contributed by atoms with Crippen LogP contribution in [0.2, 0.25) is 0 Å². The average molecular weight is 616 g/mol. The van der Waals surface area contributed by atoms with Crippen LogP contribution in [-0.4, -0.2) is 16.4 Å². The van der Waals surface area contributed by atoms with Gasteiger partial charge < -0.3 is 9.40 Å². The number of nitrogens with zero attached hydrogens (tertiary/aromatic N) is 2. The molecule has 4 aromatic carbocycles. The molecule has 0 spiro atoms. The summed E-state index contributed by atoms with van der Waals surface area (Å²) in [5, 5.41) is 0. The quantitative estimate of drug-likeness (QED) is 0.213. The number of hydrogen-bond donors (Lipinski definition) is 1. The van der Waals surface area contributed by atoms with Crippen molar-refractivity contribution in [1.82, 2.24) is 4.98 Å². The number of furan rings is 1. The molecule has 4 heteroatoms. The van der Waals surface area contributed by atoms with Gasteiger partial charge in [0.25, 0.3) is 0 Å². The lowest BCUT2D eigenvalue weighted by Gasteiger charge is -2.10. The first kappa shape index (κ1) is 27.8. The molecule has 9 rings (SSSR count). The molecule has 1 N–H and O–H groups in total. The smallest absolute Gasteiger partial charge is 0.137 e. The third kappa shape index (κ3) is 4.88. The van der Waals surface area contributed by atoms with Crippen molar-refractivity contribution in [2.24, 2.45) is 9.98 Å². The van der Waals surface area contributed by atoms with Crippen molar-refractivity contribution < 1.29 is 4.42 Å². The lowest BCUT2D eigenvalue weighted by molar-refractivity contribution is 0.500. The number of H-pyrrole nitrogens is 1. The van der Waals surface area contributed by atoms with Crippen LogP contribution in [-0.2, 0) is 0 Å². The fourth-order valence-electron chi connectivity index (χ4n) is 6.73. The fourth-order valence-corrected chi connectivity index (χ4v) is 6.73. The molecule has 0 aliphatic carbocycles. The third-order valence-electron chi connectivity index (χ3n) is 8.89. The zero-order chi connectivity index (χ0) is 31.9. The molecule has 0 saturated carbocycles. The van der Waals surface area contributed by atoms with Gasteiger partial charge in [0.2, 0.25) is 0 Å². The summed E-state index contributed by atoms with van der Waals surface area (Å²) in [6.07, 6.45) is 10.5. The minimum Gasteiger partial charge on any atom is -0.456 e. The van der Waals surface area contributed by atoms with Crippen LogP contribution in [0.25, 0.3) is 22.3 Å². The highest BCUT2D eigenvalue weighted by Crippen LogP contribution is 2.36. The average Bonchev–Trinajstić information content (AvgIpc) is 3.98. The molecule has 0 fully saturated rings. The SMILES string of the molecule is C1=CC2=C(c3ccccc3)c3c[nH]c(c3)C(c3ccccc3)=C3C=CC(=N3)C(c3ccccc3)=c3ccc(o3)=C(c3ccccc3)C1=N2. The Balaban J connectivity index is 1.42. The van der Waals surface area contributed by atoms with Crippen LogP contribution in [0.5, 0.6) is 0 Å². The van der Waals surface area contributed by atoms with E-state index >= 15 is 0 Å². The number of aromatic amines is 1. The van der Waals surface area contributed by atoms with E-state index in [4.69, 9.17) is 14.4 Å². The number of hydrogen-bond acceptors (Lipinski definition) is 3. The van der Waals surface area contributed by atoms with Gasteiger partial charge in [0.15, 0.2) is 0 Å². The monoisotopic (exact) mass is 615 g/mol. The molecule has 5 heterocycles. The predicted molar refractivity (Wildman–Crippen MR) is 195 cm³/mol. The zero-order valence-corrected chi connectivity index (χ0v) is 26.0. The maximum Gasteiger partial charge on any atom is 0.137 e. The van der Waals surface area contributed by atoms with Crippen LogP contribution < -0.4 is 10.8 Å². The normalized spacial score (nSPS) is 15.3. The number of fused-ring (bicyclic) bond motifs is 6. The molecule has 0 radical (unpaired) electrons. The van der Waals surface area contributed by atoms with Crippen molar-refractivity contribution in [3.8, 4) is 0 Å². The van der Waals surface area contributed by atoms with E-state index in [2.05, 4.69) is 151 Å². The molecular formula is C44H29N3O. The van der Waals surface area contributed by atoms with Gasteiger partial charge >= 0.3 is 0 Å². The molecule has 2 aromatic heterocycles. The lowest BCUT2D eigenvalue weighted by Crippen LogP contribution is -2.15. The van der Waals surface area contributed by atoms with E-state index in [1.165, 1.54) is 0 Å². The fraction of sp³-hybridized carbons (Fsp3) is 0. The Morgan fingerprint density at radius 1 is 0.396 bits per heavy atom. The van der Waals surface area contributed by atoms with E-state index in [-0.39, 0.29) is 0 Å². The van der Waals surface area contributed by atoms with Crippen molar-refractivity contribution in [2.75, 3.05) is 0 Å². The van der Waals surface area contributed by atoms with Crippen LogP contribution in [0.15, 0.2) is 196 Å². The summed E-state index contributed by atoms with van der Waals surface area (Å²) in [5.41, 5.74) is 15.1. The summed E-state index contributed by atoms with van der Waals surface area (Å²) >= 11 is 0. The van der Waals surface area contributed by atoms with Gasteiger partial charge in [0.1, 0.15) is 10.8 Å². The number of nitrogens with one attached hydrogen (secondary N) is 1. The van der Waals surface area contributed by atoms with Crippen molar-refractivity contribution in [1.29, 1.82) is 0 Å². The Morgan fingerprint density at radius 3 is 1.29 bits per heavy atom. The molecule has 3 aliphatic heterocycles. The predicted octanol–water partition coefficient (Wildman–Crippen LogP) is 8.26. The second-order valence-corrected chi connectivity index (χ2v) is 11.9. The molecule has 226 valence electrons. The summed E-state index contributed by atoms with van der Waals surface area (Å²) in [6, 6.07) is 47.9. The van der Waals surface area contributed by atoms with Gasteiger partial charge in [0.05, 0.1) is 34.0 Å². The number of benzene rings is 4. The molecule has 0 amide bonds. The molecule has 0 atom stereocenters. The number of aliphatic imine (C=N–C) groups is 2. The molecule has 3 aliphatic rings. The van der Waals surface area contributed by atoms with Gasteiger partial charge in [-0.25, -0.2) is 9.98 Å². The second kappa shape index (κ2) is 11.7. The number of aromatic nitrogens is 1. The van der Waals surface area contributed by atoms with Crippen LogP contribution in [0.1, 0.15) is 33.5 Å². The van der Waals surface area contributed by atoms with Crippen molar-refractivity contribution in [3.05, 3.63) is 226 Å². The molecule has 6 aromatic rings. The van der Waals surface area contributed by atoms with Gasteiger partial charge in [-0.15, -0.1) is 0 Å². The van der Waals surface area contributed by atoms with Crippen LogP contribution in [0, 0.1) is 0 Å². The van der Waals surface area contributed by atoms with Crippen LogP contribution >= 0.6 is 0 Å². The molecule has 8 bridgehead atoms. The number of rotatable bonds is 4. The lowest BCUT2D eigenvalue weighted by atomic mass is 9.96. The Hall–Kier alpha value is -6.52. The van der Waals surface area contributed by atoms with Crippen molar-refractivity contribution in [3.63, 3.8) is 0 Å². The Morgan fingerprint density at radius 2 is 0.812 bits per heavy atom. The van der Waals surface area contributed by atoms with E-state index in [0.717, 1.165) is 89.5 Å². The molecule has 0 saturated heterocycles. The summed E-state index contributed by atoms with van der Waals surface area (Å²) in [6.45, 7) is 0. The van der Waals surface area contributed by atoms with Gasteiger partial charge in [-0.05, 0) is 64.8 Å². The highest BCUT2D eigenvalue weighted by atomic mass is 16.3. The van der Waals surface area contributed by atoms with E-state index in [1.54, 1.807) is 0 Å². The van der Waals surface area contributed by atoms with E-state index in [9.17, 15) is 0 Å².